The van der Waals surface area contributed by atoms with Gasteiger partial charge in [-0.25, -0.2) is 8.78 Å². The molecule has 0 aliphatic heterocycles. The number of nitrogens with two attached hydrogens (primary N) is 1. The average Bonchev–Trinajstić information content (AvgIpc) is 2.55. The van der Waals surface area contributed by atoms with Gasteiger partial charge in [0, 0.05) is 13.0 Å². The van der Waals surface area contributed by atoms with E-state index in [1.54, 1.807) is 6.92 Å². The number of carbonyl (C=O) groups is 2. The molecule has 0 radical (unpaired) electrons. The van der Waals surface area contributed by atoms with Crippen LogP contribution in [0.1, 0.15) is 39.0 Å². The molecule has 0 aromatic heterocycles. The fourth-order valence-electron chi connectivity index (χ4n) is 2.28. The highest BCUT2D eigenvalue weighted by Gasteiger charge is 2.17. The van der Waals surface area contributed by atoms with Gasteiger partial charge in [-0.05, 0) is 38.4 Å². The summed E-state index contributed by atoms with van der Waals surface area (Å²) in [5, 5.41) is 2.19. The van der Waals surface area contributed by atoms with Crippen molar-refractivity contribution in [3.8, 4) is 0 Å². The van der Waals surface area contributed by atoms with Crippen molar-refractivity contribution in [2.45, 2.75) is 39.0 Å². The molecule has 0 unspecified atom stereocenters. The van der Waals surface area contributed by atoms with E-state index in [1.165, 1.54) is 11.0 Å². The zero-order valence-corrected chi connectivity index (χ0v) is 14.0. The molecule has 0 spiro atoms. The Labute approximate surface area is 141 Å². The van der Waals surface area contributed by atoms with Gasteiger partial charge in [-0.3, -0.25) is 9.59 Å². The largest absolute Gasteiger partial charge is 0.334 e. The first-order chi connectivity index (χ1) is 11.5. The molecule has 0 saturated heterocycles. The number of para-hydroxylation sites is 1. The van der Waals surface area contributed by atoms with Gasteiger partial charge in [0.15, 0.2) is 0 Å². The topological polar surface area (TPSA) is 75.4 Å². The van der Waals surface area contributed by atoms with Crippen LogP contribution in [0, 0.1) is 11.6 Å². The quantitative estimate of drug-likeness (QED) is 0.643. The molecule has 1 aromatic rings. The molecular weight excluding hydrogens is 316 g/mol. The highest BCUT2D eigenvalue weighted by Crippen LogP contribution is 2.17. The van der Waals surface area contributed by atoms with E-state index in [2.05, 4.69) is 5.32 Å². The van der Waals surface area contributed by atoms with Gasteiger partial charge in [-0.1, -0.05) is 18.9 Å². The Hall–Kier alpha value is -2.02. The van der Waals surface area contributed by atoms with Gasteiger partial charge >= 0.3 is 0 Å². The van der Waals surface area contributed by atoms with Crippen LogP contribution in [0.2, 0.25) is 0 Å². The van der Waals surface area contributed by atoms with Crippen molar-refractivity contribution in [3.05, 3.63) is 29.8 Å². The van der Waals surface area contributed by atoms with E-state index in [0.717, 1.165) is 37.8 Å². The molecule has 0 atom stereocenters. The zero-order valence-electron chi connectivity index (χ0n) is 14.0. The highest BCUT2D eigenvalue weighted by molar-refractivity contribution is 5.94. The number of hydrogen-bond donors (Lipinski definition) is 2. The van der Waals surface area contributed by atoms with Crippen molar-refractivity contribution in [2.75, 3.05) is 25.0 Å². The number of likely N-dealkylation sites (N-methyl/N-ethyl adjacent to an activating group) is 1. The molecule has 0 bridgehead atoms. The third-order valence-electron chi connectivity index (χ3n) is 3.64. The molecule has 0 heterocycles. The number of nitrogens with one attached hydrogen (secondary N) is 1. The Morgan fingerprint density at radius 2 is 1.75 bits per heavy atom. The van der Waals surface area contributed by atoms with Crippen LogP contribution >= 0.6 is 0 Å². The fraction of sp³-hybridized carbons (Fsp3) is 0.529. The second-order valence-electron chi connectivity index (χ2n) is 5.51. The lowest BCUT2D eigenvalue weighted by Gasteiger charge is -2.20. The number of halogens is 2. The highest BCUT2D eigenvalue weighted by atomic mass is 19.1. The Kier molecular flexibility index (Phi) is 8.93. The molecule has 1 aromatic carbocycles. The van der Waals surface area contributed by atoms with E-state index in [9.17, 15) is 18.4 Å². The Bertz CT molecular complexity index is 532. The van der Waals surface area contributed by atoms with Crippen molar-refractivity contribution in [3.63, 3.8) is 0 Å². The normalized spacial score (nSPS) is 10.5. The van der Waals surface area contributed by atoms with Gasteiger partial charge in [-0.2, -0.15) is 0 Å². The standard InChI is InChI=1S/C17H25F2N3O2/c1-2-22(16(24)10-5-3-4-6-11-20)12-15(23)21-17-13(18)8-7-9-14(17)19/h7-9H,2-6,10-12,20H2,1H3,(H,21,23). The molecule has 5 nitrogen and oxygen atoms in total. The minimum Gasteiger partial charge on any atom is -0.334 e. The summed E-state index contributed by atoms with van der Waals surface area (Å²) in [4.78, 5) is 25.4. The summed E-state index contributed by atoms with van der Waals surface area (Å²) in [5.74, 6) is -2.47. The summed E-state index contributed by atoms with van der Waals surface area (Å²) in [6.07, 6.45) is 3.90. The molecule has 0 saturated carbocycles. The molecule has 24 heavy (non-hydrogen) atoms. The first-order valence-electron chi connectivity index (χ1n) is 8.21. The Morgan fingerprint density at radius 1 is 1.12 bits per heavy atom. The Morgan fingerprint density at radius 3 is 2.33 bits per heavy atom. The molecule has 0 aliphatic carbocycles. The lowest BCUT2D eigenvalue weighted by molar-refractivity contribution is -0.134. The van der Waals surface area contributed by atoms with Crippen molar-refractivity contribution in [1.82, 2.24) is 4.90 Å². The van der Waals surface area contributed by atoms with E-state index in [0.29, 0.717) is 19.5 Å². The van der Waals surface area contributed by atoms with Crippen LogP contribution in [0.5, 0.6) is 0 Å². The van der Waals surface area contributed by atoms with Crippen LogP contribution in [-0.4, -0.2) is 36.3 Å². The van der Waals surface area contributed by atoms with Crippen LogP contribution in [0.25, 0.3) is 0 Å². The number of amides is 2. The van der Waals surface area contributed by atoms with Crippen molar-refractivity contribution in [1.29, 1.82) is 0 Å². The predicted molar refractivity (Wildman–Crippen MR) is 89.4 cm³/mol. The predicted octanol–water partition coefficient (Wildman–Crippen LogP) is 2.66. The second-order valence-corrected chi connectivity index (χ2v) is 5.51. The van der Waals surface area contributed by atoms with Gasteiger partial charge in [0.1, 0.15) is 17.3 Å². The van der Waals surface area contributed by atoms with Crippen LogP contribution in [0.3, 0.4) is 0 Å². The first-order valence-corrected chi connectivity index (χ1v) is 8.21. The van der Waals surface area contributed by atoms with Gasteiger partial charge in [0.05, 0.1) is 6.54 Å². The molecule has 134 valence electrons. The number of rotatable bonds is 10. The molecule has 0 aliphatic rings. The van der Waals surface area contributed by atoms with E-state index in [-0.39, 0.29) is 12.5 Å². The van der Waals surface area contributed by atoms with Gasteiger partial charge in [-0.15, -0.1) is 0 Å². The van der Waals surface area contributed by atoms with Crippen molar-refractivity contribution < 1.29 is 18.4 Å². The molecule has 2 amide bonds. The van der Waals surface area contributed by atoms with Gasteiger partial charge in [0.2, 0.25) is 11.8 Å². The van der Waals surface area contributed by atoms with Crippen molar-refractivity contribution in [2.24, 2.45) is 5.73 Å². The Balaban J connectivity index is 2.49. The third-order valence-corrected chi connectivity index (χ3v) is 3.64. The average molecular weight is 341 g/mol. The maximum atomic E-state index is 13.5. The van der Waals surface area contributed by atoms with E-state index >= 15 is 0 Å². The number of hydrogen-bond acceptors (Lipinski definition) is 3. The second kappa shape index (κ2) is 10.7. The SMILES string of the molecule is CCN(CC(=O)Nc1c(F)cccc1F)C(=O)CCCCCCN. The fourth-order valence-corrected chi connectivity index (χ4v) is 2.28. The molecule has 0 fully saturated rings. The lowest BCUT2D eigenvalue weighted by atomic mass is 10.1. The minimum absolute atomic E-state index is 0.144. The summed E-state index contributed by atoms with van der Waals surface area (Å²) < 4.78 is 27.0. The van der Waals surface area contributed by atoms with Gasteiger partial charge in [0.25, 0.3) is 0 Å². The lowest BCUT2D eigenvalue weighted by Crippen LogP contribution is -2.38. The summed E-state index contributed by atoms with van der Waals surface area (Å²) in [7, 11) is 0. The summed E-state index contributed by atoms with van der Waals surface area (Å²) in [6, 6.07) is 3.33. The molecule has 3 N–H and O–H groups in total. The number of carbonyl (C=O) groups excluding carboxylic acids is 2. The molecule has 7 heteroatoms. The number of anilines is 1. The smallest absolute Gasteiger partial charge is 0.244 e. The maximum Gasteiger partial charge on any atom is 0.244 e. The summed E-state index contributed by atoms with van der Waals surface area (Å²) >= 11 is 0. The van der Waals surface area contributed by atoms with Crippen molar-refractivity contribution >= 4 is 17.5 Å². The molecule has 1 rings (SSSR count). The van der Waals surface area contributed by atoms with E-state index in [1.807, 2.05) is 0 Å². The van der Waals surface area contributed by atoms with E-state index < -0.39 is 23.2 Å². The number of benzene rings is 1. The van der Waals surface area contributed by atoms with Crippen LogP contribution < -0.4 is 11.1 Å². The molecular formula is C17H25F2N3O2. The maximum absolute atomic E-state index is 13.5. The summed E-state index contributed by atoms with van der Waals surface area (Å²) in [5.41, 5.74) is 4.91. The number of nitrogens with zero attached hydrogens (tertiary/aromatic N) is 1. The monoisotopic (exact) mass is 341 g/mol. The van der Waals surface area contributed by atoms with Crippen LogP contribution in [0.4, 0.5) is 14.5 Å². The van der Waals surface area contributed by atoms with Crippen LogP contribution in [-0.2, 0) is 9.59 Å². The first kappa shape index (κ1) is 20.0. The van der Waals surface area contributed by atoms with Crippen LogP contribution in [0.15, 0.2) is 18.2 Å². The minimum atomic E-state index is -0.849. The zero-order chi connectivity index (χ0) is 17.9. The third kappa shape index (κ3) is 6.62. The summed E-state index contributed by atoms with van der Waals surface area (Å²) in [6.45, 7) is 2.52. The number of unbranched alkanes of at least 4 members (excludes halogenated alkanes) is 3. The van der Waals surface area contributed by atoms with E-state index in [4.69, 9.17) is 5.73 Å². The van der Waals surface area contributed by atoms with Gasteiger partial charge < -0.3 is 16.0 Å².